The summed E-state index contributed by atoms with van der Waals surface area (Å²) in [4.78, 5) is 30.9. The predicted octanol–water partition coefficient (Wildman–Crippen LogP) is 5.07. The molecular formula is C28H27N3O4. The Morgan fingerprint density at radius 3 is 2.43 bits per heavy atom. The molecule has 0 radical (unpaired) electrons. The second-order valence-corrected chi connectivity index (χ2v) is 8.70. The first kappa shape index (κ1) is 22.5. The maximum Gasteiger partial charge on any atom is 0.258 e. The van der Waals surface area contributed by atoms with Crippen LogP contribution in [0, 0.1) is 0 Å². The summed E-state index contributed by atoms with van der Waals surface area (Å²) in [6.07, 6.45) is 3.59. The van der Waals surface area contributed by atoms with Gasteiger partial charge in [0.1, 0.15) is 24.1 Å². The van der Waals surface area contributed by atoms with E-state index >= 15 is 0 Å². The molecule has 1 aliphatic rings. The average Bonchev–Trinajstić information content (AvgIpc) is 3.58. The number of aromatic nitrogens is 1. The van der Waals surface area contributed by atoms with E-state index in [1.165, 1.54) is 7.11 Å². The number of carbonyl (C=O) groups is 2. The van der Waals surface area contributed by atoms with Crippen molar-refractivity contribution in [1.82, 2.24) is 9.47 Å². The van der Waals surface area contributed by atoms with E-state index in [2.05, 4.69) is 4.57 Å². The maximum atomic E-state index is 14.1. The number of amides is 2. The molecule has 7 heteroatoms. The topological polar surface area (TPSA) is 67.9 Å². The third kappa shape index (κ3) is 3.89. The van der Waals surface area contributed by atoms with Gasteiger partial charge in [-0.1, -0.05) is 24.3 Å². The quantitative estimate of drug-likeness (QED) is 0.396. The van der Waals surface area contributed by atoms with E-state index in [0.29, 0.717) is 17.1 Å². The monoisotopic (exact) mass is 469 g/mol. The molecule has 2 aromatic carbocycles. The van der Waals surface area contributed by atoms with Crippen LogP contribution in [0.4, 0.5) is 5.69 Å². The molecule has 0 N–H and O–H groups in total. The number of nitrogens with zero attached hydrogens (tertiary/aromatic N) is 3. The van der Waals surface area contributed by atoms with E-state index in [-0.39, 0.29) is 24.4 Å². The van der Waals surface area contributed by atoms with Gasteiger partial charge in [-0.05, 0) is 62.4 Å². The zero-order valence-electron chi connectivity index (χ0n) is 19.9. The van der Waals surface area contributed by atoms with E-state index in [1.807, 2.05) is 74.6 Å². The Bertz CT molecular complexity index is 1360. The fourth-order valence-corrected chi connectivity index (χ4v) is 4.66. The minimum Gasteiger partial charge on any atom is -0.496 e. The molecule has 1 aliphatic heterocycles. The van der Waals surface area contributed by atoms with Crippen LogP contribution in [0.25, 0.3) is 5.69 Å². The molecule has 35 heavy (non-hydrogen) atoms. The first-order valence-electron chi connectivity index (χ1n) is 11.6. The summed E-state index contributed by atoms with van der Waals surface area (Å²) in [7, 11) is 1.53. The van der Waals surface area contributed by atoms with Crippen molar-refractivity contribution < 1.29 is 18.7 Å². The fraction of sp³-hybridized carbons (Fsp3) is 0.214. The highest BCUT2D eigenvalue weighted by Crippen LogP contribution is 2.42. The molecule has 2 aromatic heterocycles. The number of furan rings is 1. The molecule has 1 atom stereocenters. The normalized spacial score (nSPS) is 14.4. The molecule has 0 saturated carbocycles. The third-order valence-electron chi connectivity index (χ3n) is 6.33. The van der Waals surface area contributed by atoms with Gasteiger partial charge >= 0.3 is 0 Å². The number of rotatable bonds is 6. The van der Waals surface area contributed by atoms with Crippen LogP contribution in [0.3, 0.4) is 0 Å². The van der Waals surface area contributed by atoms with E-state index in [4.69, 9.17) is 9.15 Å². The van der Waals surface area contributed by atoms with Gasteiger partial charge in [0.2, 0.25) is 5.91 Å². The smallest absolute Gasteiger partial charge is 0.258 e. The zero-order valence-corrected chi connectivity index (χ0v) is 19.9. The Balaban J connectivity index is 1.55. The lowest BCUT2D eigenvalue weighted by molar-refractivity contribution is -0.120. The van der Waals surface area contributed by atoms with Crippen LogP contribution >= 0.6 is 0 Å². The van der Waals surface area contributed by atoms with Gasteiger partial charge in [-0.15, -0.1) is 0 Å². The second-order valence-electron chi connectivity index (χ2n) is 8.70. The summed E-state index contributed by atoms with van der Waals surface area (Å²) in [5.41, 5.74) is 3.00. The number of para-hydroxylation sites is 3. The van der Waals surface area contributed by atoms with Crippen molar-refractivity contribution in [3.8, 4) is 11.4 Å². The highest BCUT2D eigenvalue weighted by atomic mass is 16.5. The Morgan fingerprint density at radius 2 is 1.71 bits per heavy atom. The fourth-order valence-electron chi connectivity index (χ4n) is 4.66. The van der Waals surface area contributed by atoms with Crippen LogP contribution < -0.4 is 9.64 Å². The minimum absolute atomic E-state index is 0.0964. The van der Waals surface area contributed by atoms with Crippen LogP contribution in [0.1, 0.15) is 41.7 Å². The number of hydrogen-bond donors (Lipinski definition) is 0. The van der Waals surface area contributed by atoms with Gasteiger partial charge in [0.05, 0.1) is 36.0 Å². The molecular weight excluding hydrogens is 442 g/mol. The zero-order chi connectivity index (χ0) is 24.5. The molecule has 7 nitrogen and oxygen atoms in total. The molecule has 0 bridgehead atoms. The molecule has 2 amide bonds. The summed E-state index contributed by atoms with van der Waals surface area (Å²) in [6.45, 7) is 3.71. The van der Waals surface area contributed by atoms with E-state index < -0.39 is 6.04 Å². The Kier molecular flexibility index (Phi) is 5.91. The summed E-state index contributed by atoms with van der Waals surface area (Å²) in [6, 6.07) is 21.8. The first-order valence-corrected chi connectivity index (χ1v) is 11.6. The van der Waals surface area contributed by atoms with Crippen LogP contribution in [-0.2, 0) is 4.79 Å². The molecule has 5 rings (SSSR count). The Morgan fingerprint density at radius 1 is 0.971 bits per heavy atom. The summed E-state index contributed by atoms with van der Waals surface area (Å²) >= 11 is 0. The van der Waals surface area contributed by atoms with Crippen LogP contribution in [0.5, 0.6) is 5.75 Å². The molecule has 0 aliphatic carbocycles. The number of ether oxygens (including phenoxy) is 1. The van der Waals surface area contributed by atoms with Crippen molar-refractivity contribution in [2.45, 2.75) is 25.9 Å². The van der Waals surface area contributed by atoms with E-state index in [1.54, 1.807) is 34.3 Å². The highest BCUT2D eigenvalue weighted by molar-refractivity contribution is 6.03. The molecule has 0 spiro atoms. The van der Waals surface area contributed by atoms with E-state index in [9.17, 15) is 9.59 Å². The number of hydrogen-bond acceptors (Lipinski definition) is 4. The van der Waals surface area contributed by atoms with Crippen LogP contribution in [0.2, 0.25) is 0 Å². The number of anilines is 1. The summed E-state index contributed by atoms with van der Waals surface area (Å²) < 4.78 is 13.3. The second kappa shape index (κ2) is 9.18. The lowest BCUT2D eigenvalue weighted by Gasteiger charge is -2.38. The largest absolute Gasteiger partial charge is 0.496 e. The molecule has 3 heterocycles. The van der Waals surface area contributed by atoms with Gasteiger partial charge < -0.3 is 18.6 Å². The molecule has 4 aromatic rings. The van der Waals surface area contributed by atoms with Crippen molar-refractivity contribution in [2.24, 2.45) is 0 Å². The highest BCUT2D eigenvalue weighted by Gasteiger charge is 2.38. The van der Waals surface area contributed by atoms with Crippen molar-refractivity contribution in [2.75, 3.05) is 18.6 Å². The average molecular weight is 470 g/mol. The van der Waals surface area contributed by atoms with Gasteiger partial charge in [0.15, 0.2) is 0 Å². The lowest BCUT2D eigenvalue weighted by Crippen LogP contribution is -2.48. The van der Waals surface area contributed by atoms with Crippen LogP contribution in [-0.4, -0.2) is 41.0 Å². The van der Waals surface area contributed by atoms with Gasteiger partial charge in [-0.2, -0.15) is 0 Å². The van der Waals surface area contributed by atoms with Gasteiger partial charge in [-0.25, -0.2) is 0 Å². The lowest BCUT2D eigenvalue weighted by atomic mass is 10.0. The molecule has 0 fully saturated rings. The number of benzene rings is 2. The Labute approximate surface area is 204 Å². The predicted molar refractivity (Wildman–Crippen MR) is 133 cm³/mol. The van der Waals surface area contributed by atoms with Crippen molar-refractivity contribution in [1.29, 1.82) is 0 Å². The van der Waals surface area contributed by atoms with Gasteiger partial charge in [0.25, 0.3) is 5.91 Å². The number of methoxy groups -OCH3 is 1. The minimum atomic E-state index is -0.460. The van der Waals surface area contributed by atoms with Crippen molar-refractivity contribution in [3.05, 3.63) is 102 Å². The number of fused-ring (bicyclic) bond motifs is 3. The molecule has 1 unspecified atom stereocenters. The van der Waals surface area contributed by atoms with Crippen molar-refractivity contribution in [3.63, 3.8) is 0 Å². The Hall–Kier alpha value is -4.26. The van der Waals surface area contributed by atoms with Crippen LogP contribution in [0.15, 0.2) is 89.7 Å². The molecule has 178 valence electrons. The molecule has 0 saturated heterocycles. The standard InChI is InChI=1S/C28H27N3O4/c1-19(2)30(28(33)20-10-4-7-14-24(20)34-3)18-26(32)31-22-12-6-5-11-21(22)29-16-8-13-23(29)27(31)25-15-9-17-35-25/h4-17,19,27H,18H2,1-3H3. The summed E-state index contributed by atoms with van der Waals surface area (Å²) in [5.74, 6) is 0.669. The van der Waals surface area contributed by atoms with E-state index in [0.717, 1.165) is 17.1 Å². The maximum absolute atomic E-state index is 14.1. The summed E-state index contributed by atoms with van der Waals surface area (Å²) in [5, 5.41) is 0. The SMILES string of the molecule is COc1ccccc1C(=O)N(CC(=O)N1c2ccccc2-n2cccc2C1c1ccco1)C(C)C. The first-order chi connectivity index (χ1) is 17.0. The van der Waals surface area contributed by atoms with Crippen molar-refractivity contribution >= 4 is 17.5 Å². The third-order valence-corrected chi connectivity index (χ3v) is 6.33. The van der Waals surface area contributed by atoms with Gasteiger partial charge in [-0.3, -0.25) is 14.5 Å². The number of carbonyl (C=O) groups excluding carboxylic acids is 2. The van der Waals surface area contributed by atoms with Gasteiger partial charge in [0, 0.05) is 12.2 Å².